The monoisotopic (exact) mass is 313 g/mol. The maximum absolute atomic E-state index is 12.2. The average molecular weight is 313 g/mol. The Bertz CT molecular complexity index is 541. The number of thioether (sulfide) groups is 1. The number of methoxy groups -OCH3 is 1. The third-order valence-corrected chi connectivity index (χ3v) is 4.61. The lowest BCUT2D eigenvalue weighted by atomic mass is 10.1. The van der Waals surface area contributed by atoms with Gasteiger partial charge in [0.2, 0.25) is 0 Å². The molecule has 1 aromatic heterocycles. The summed E-state index contributed by atoms with van der Waals surface area (Å²) in [5.41, 5.74) is -0.398. The van der Waals surface area contributed by atoms with Crippen molar-refractivity contribution in [1.82, 2.24) is 9.55 Å². The molecule has 6 nitrogen and oxygen atoms in total. The van der Waals surface area contributed by atoms with E-state index in [2.05, 4.69) is 25.8 Å². The predicted octanol–water partition coefficient (Wildman–Crippen LogP) is 1.71. The van der Waals surface area contributed by atoms with Gasteiger partial charge in [-0.3, -0.25) is 4.57 Å². The van der Waals surface area contributed by atoms with Crippen LogP contribution in [0, 0.1) is 0 Å². The normalized spacial score (nSPS) is 22.5. The predicted molar refractivity (Wildman–Crippen MR) is 84.9 cm³/mol. The molecule has 0 N–H and O–H groups in total. The third-order valence-electron chi connectivity index (χ3n) is 3.51. The van der Waals surface area contributed by atoms with Gasteiger partial charge in [0.15, 0.2) is 0 Å². The molecule has 1 saturated heterocycles. The Labute approximate surface area is 129 Å². The molecule has 1 aromatic rings. The van der Waals surface area contributed by atoms with Crippen LogP contribution in [0.4, 0.5) is 5.82 Å². The van der Waals surface area contributed by atoms with Crippen molar-refractivity contribution in [2.45, 2.75) is 38.0 Å². The van der Waals surface area contributed by atoms with Crippen LogP contribution in [-0.4, -0.2) is 47.0 Å². The molecule has 1 aliphatic rings. The second-order valence-corrected chi connectivity index (χ2v) is 7.21. The quantitative estimate of drug-likeness (QED) is 0.843. The molecule has 7 heteroatoms. The lowest BCUT2D eigenvalue weighted by Gasteiger charge is -2.33. The first-order valence-corrected chi connectivity index (χ1v) is 7.97. The van der Waals surface area contributed by atoms with Gasteiger partial charge in [-0.05, 0) is 26.8 Å². The number of rotatable bonds is 4. The van der Waals surface area contributed by atoms with E-state index < -0.39 is 0 Å². The minimum Gasteiger partial charge on any atom is -0.381 e. The number of anilines is 1. The van der Waals surface area contributed by atoms with Crippen molar-refractivity contribution in [2.75, 3.05) is 31.4 Å². The van der Waals surface area contributed by atoms with Crippen molar-refractivity contribution in [3.63, 3.8) is 0 Å². The maximum atomic E-state index is 12.2. The standard InChI is InChI=1S/C14H23N3O3S/c1-14(2,3)16(4)10-6-7-17(13(18)15-10)11-9-21-12(20-11)8-19-5/h6-7,11-12H,8-9H2,1-5H3/t11-,12+/m1/s1. The zero-order chi connectivity index (χ0) is 15.6. The zero-order valence-electron chi connectivity index (χ0n) is 13.2. The first kappa shape index (κ1) is 16.3. The molecule has 0 aromatic carbocycles. The van der Waals surface area contributed by atoms with Crippen molar-refractivity contribution >= 4 is 17.6 Å². The smallest absolute Gasteiger partial charge is 0.351 e. The van der Waals surface area contributed by atoms with Crippen molar-refractivity contribution in [3.8, 4) is 0 Å². The van der Waals surface area contributed by atoms with Crippen LogP contribution in [0.1, 0.15) is 27.0 Å². The fraction of sp³-hybridized carbons (Fsp3) is 0.714. The van der Waals surface area contributed by atoms with Gasteiger partial charge in [-0.2, -0.15) is 4.98 Å². The molecule has 0 spiro atoms. The number of ether oxygens (including phenoxy) is 2. The lowest BCUT2D eigenvalue weighted by molar-refractivity contribution is -0.0152. The summed E-state index contributed by atoms with van der Waals surface area (Å²) in [6.45, 7) is 6.75. The van der Waals surface area contributed by atoms with Gasteiger partial charge in [0.1, 0.15) is 17.5 Å². The third kappa shape index (κ3) is 3.78. The maximum Gasteiger partial charge on any atom is 0.351 e. The van der Waals surface area contributed by atoms with Crippen LogP contribution < -0.4 is 10.6 Å². The number of nitrogens with zero attached hydrogens (tertiary/aromatic N) is 3. The Hall–Kier alpha value is -1.05. The summed E-state index contributed by atoms with van der Waals surface area (Å²) in [7, 11) is 3.57. The Kier molecular flexibility index (Phi) is 4.95. The summed E-state index contributed by atoms with van der Waals surface area (Å²) in [4.78, 5) is 18.4. The van der Waals surface area contributed by atoms with Gasteiger partial charge >= 0.3 is 5.69 Å². The highest BCUT2D eigenvalue weighted by Crippen LogP contribution is 2.31. The minimum absolute atomic E-state index is 0.0242. The molecule has 0 bridgehead atoms. The van der Waals surface area contributed by atoms with Gasteiger partial charge in [-0.25, -0.2) is 4.79 Å². The van der Waals surface area contributed by atoms with Crippen molar-refractivity contribution in [2.24, 2.45) is 0 Å². The second kappa shape index (κ2) is 6.37. The van der Waals surface area contributed by atoms with E-state index in [0.717, 1.165) is 5.75 Å². The van der Waals surface area contributed by atoms with E-state index in [9.17, 15) is 4.79 Å². The second-order valence-electron chi connectivity index (χ2n) is 6.01. The topological polar surface area (TPSA) is 56.6 Å². The molecular weight excluding hydrogens is 290 g/mol. The van der Waals surface area contributed by atoms with Gasteiger partial charge in [-0.1, -0.05) is 0 Å². The average Bonchev–Trinajstić information content (AvgIpc) is 2.85. The molecule has 1 fully saturated rings. The largest absolute Gasteiger partial charge is 0.381 e. The van der Waals surface area contributed by atoms with Crippen LogP contribution in [0.5, 0.6) is 0 Å². The molecule has 118 valence electrons. The van der Waals surface area contributed by atoms with Crippen LogP contribution in [0.15, 0.2) is 17.1 Å². The Morgan fingerprint density at radius 1 is 1.57 bits per heavy atom. The molecule has 2 heterocycles. The zero-order valence-corrected chi connectivity index (χ0v) is 14.0. The van der Waals surface area contributed by atoms with E-state index in [4.69, 9.17) is 9.47 Å². The first-order valence-electron chi connectivity index (χ1n) is 6.92. The first-order chi connectivity index (χ1) is 9.82. The molecule has 2 atom stereocenters. The number of hydrogen-bond donors (Lipinski definition) is 0. The summed E-state index contributed by atoms with van der Waals surface area (Å²) in [5.74, 6) is 1.40. The molecule has 0 saturated carbocycles. The SMILES string of the molecule is COC[C@H]1O[C@@H](n2ccc(N(C)C(C)(C)C)nc2=O)CS1. The molecule has 0 radical (unpaired) electrons. The lowest BCUT2D eigenvalue weighted by Crippen LogP contribution is -2.40. The summed E-state index contributed by atoms with van der Waals surface area (Å²) >= 11 is 1.65. The van der Waals surface area contributed by atoms with E-state index in [1.165, 1.54) is 0 Å². The fourth-order valence-electron chi connectivity index (χ4n) is 1.97. The van der Waals surface area contributed by atoms with Gasteiger partial charge in [0.25, 0.3) is 0 Å². The van der Waals surface area contributed by atoms with Crippen molar-refractivity contribution < 1.29 is 9.47 Å². The van der Waals surface area contributed by atoms with Crippen LogP contribution in [0.25, 0.3) is 0 Å². The van der Waals surface area contributed by atoms with Gasteiger partial charge in [0.05, 0.1) is 6.61 Å². The van der Waals surface area contributed by atoms with Crippen LogP contribution in [0.2, 0.25) is 0 Å². The van der Waals surface area contributed by atoms with E-state index in [0.29, 0.717) is 12.4 Å². The minimum atomic E-state index is -0.285. The molecular formula is C14H23N3O3S. The summed E-state index contributed by atoms with van der Waals surface area (Å²) < 4.78 is 12.4. The molecule has 0 aliphatic carbocycles. The van der Waals surface area contributed by atoms with E-state index >= 15 is 0 Å². The number of aromatic nitrogens is 2. The summed E-state index contributed by atoms with van der Waals surface area (Å²) in [6.07, 6.45) is 1.48. The van der Waals surface area contributed by atoms with Crippen LogP contribution in [0.3, 0.4) is 0 Å². The van der Waals surface area contributed by atoms with Gasteiger partial charge in [0, 0.05) is 31.6 Å². The van der Waals surface area contributed by atoms with Crippen LogP contribution in [-0.2, 0) is 9.47 Å². The Morgan fingerprint density at radius 2 is 2.29 bits per heavy atom. The molecule has 0 amide bonds. The molecule has 1 aliphatic heterocycles. The Balaban J connectivity index is 2.16. The Morgan fingerprint density at radius 3 is 2.86 bits per heavy atom. The van der Waals surface area contributed by atoms with Crippen LogP contribution >= 0.6 is 11.8 Å². The number of hydrogen-bond acceptors (Lipinski definition) is 6. The fourth-order valence-corrected chi connectivity index (χ4v) is 3.02. The van der Waals surface area contributed by atoms with Gasteiger partial charge < -0.3 is 14.4 Å². The molecule has 21 heavy (non-hydrogen) atoms. The van der Waals surface area contributed by atoms with Crippen molar-refractivity contribution in [3.05, 3.63) is 22.7 Å². The summed E-state index contributed by atoms with van der Waals surface area (Å²) in [6, 6.07) is 1.85. The highest BCUT2D eigenvalue weighted by atomic mass is 32.2. The molecule has 0 unspecified atom stereocenters. The van der Waals surface area contributed by atoms with Gasteiger partial charge in [-0.15, -0.1) is 11.8 Å². The molecule has 2 rings (SSSR count). The van der Waals surface area contributed by atoms with E-state index in [1.54, 1.807) is 29.6 Å². The van der Waals surface area contributed by atoms with Crippen molar-refractivity contribution in [1.29, 1.82) is 0 Å². The van der Waals surface area contributed by atoms with E-state index in [1.807, 2.05) is 18.0 Å². The summed E-state index contributed by atoms with van der Waals surface area (Å²) in [5, 5.41) is 0. The van der Waals surface area contributed by atoms with E-state index in [-0.39, 0.29) is 22.9 Å². The highest BCUT2D eigenvalue weighted by molar-refractivity contribution is 8.00. The highest BCUT2D eigenvalue weighted by Gasteiger charge is 2.28.